The fourth-order valence-corrected chi connectivity index (χ4v) is 1.92. The lowest BCUT2D eigenvalue weighted by molar-refractivity contribution is 0.0551. The third kappa shape index (κ3) is 5.51. The van der Waals surface area contributed by atoms with E-state index in [2.05, 4.69) is 20.9 Å². The van der Waals surface area contributed by atoms with Crippen LogP contribution in [0.4, 0.5) is 0 Å². The molecule has 0 aliphatic rings. The SMILES string of the molecule is CCOCC(O)CSc1ccc(Br)cn1. The molecule has 1 atom stereocenters. The summed E-state index contributed by atoms with van der Waals surface area (Å²) in [6, 6.07) is 3.85. The number of aliphatic hydroxyl groups excluding tert-OH is 1. The summed E-state index contributed by atoms with van der Waals surface area (Å²) in [6.07, 6.45) is 1.32. The molecule has 0 spiro atoms. The van der Waals surface area contributed by atoms with Crippen LogP contribution in [0.5, 0.6) is 0 Å². The molecule has 0 radical (unpaired) electrons. The number of hydrogen-bond acceptors (Lipinski definition) is 4. The molecule has 1 aromatic rings. The lowest BCUT2D eigenvalue weighted by Gasteiger charge is -2.09. The lowest BCUT2D eigenvalue weighted by Crippen LogP contribution is -2.17. The van der Waals surface area contributed by atoms with E-state index in [1.807, 2.05) is 19.1 Å². The third-order valence-corrected chi connectivity index (χ3v) is 3.20. The van der Waals surface area contributed by atoms with Gasteiger partial charge in [-0.25, -0.2) is 4.98 Å². The molecule has 0 saturated heterocycles. The Morgan fingerprint density at radius 2 is 2.40 bits per heavy atom. The Labute approximate surface area is 102 Å². The fourth-order valence-electron chi connectivity index (χ4n) is 0.931. The van der Waals surface area contributed by atoms with E-state index in [4.69, 9.17) is 4.74 Å². The first-order valence-electron chi connectivity index (χ1n) is 4.72. The highest BCUT2D eigenvalue weighted by Crippen LogP contribution is 2.18. The van der Waals surface area contributed by atoms with Gasteiger partial charge in [0.05, 0.1) is 17.7 Å². The first-order valence-corrected chi connectivity index (χ1v) is 6.50. The molecule has 0 bridgehead atoms. The van der Waals surface area contributed by atoms with Gasteiger partial charge in [0.25, 0.3) is 0 Å². The average Bonchev–Trinajstić information content (AvgIpc) is 2.25. The van der Waals surface area contributed by atoms with Crippen molar-refractivity contribution in [3.8, 4) is 0 Å². The van der Waals surface area contributed by atoms with Gasteiger partial charge in [-0.15, -0.1) is 11.8 Å². The summed E-state index contributed by atoms with van der Waals surface area (Å²) in [7, 11) is 0. The van der Waals surface area contributed by atoms with Gasteiger partial charge in [0, 0.05) is 23.0 Å². The molecule has 1 rings (SSSR count). The summed E-state index contributed by atoms with van der Waals surface area (Å²) in [5, 5.41) is 10.4. The number of rotatable bonds is 6. The standard InChI is InChI=1S/C10H14BrNO2S/c1-2-14-6-9(13)7-15-10-4-3-8(11)5-12-10/h3-5,9,13H,2,6-7H2,1H3. The molecule has 0 aliphatic heterocycles. The van der Waals surface area contributed by atoms with E-state index in [-0.39, 0.29) is 0 Å². The van der Waals surface area contributed by atoms with Crippen LogP contribution in [0.2, 0.25) is 0 Å². The second-order valence-electron chi connectivity index (χ2n) is 2.94. The van der Waals surface area contributed by atoms with Gasteiger partial charge in [-0.3, -0.25) is 0 Å². The summed E-state index contributed by atoms with van der Waals surface area (Å²) >= 11 is 4.84. The molecular weight excluding hydrogens is 278 g/mol. The number of halogens is 1. The second-order valence-corrected chi connectivity index (χ2v) is 4.89. The Balaban J connectivity index is 2.27. The molecule has 15 heavy (non-hydrogen) atoms. The molecule has 1 aromatic heterocycles. The topological polar surface area (TPSA) is 42.4 Å². The first kappa shape index (κ1) is 13.0. The maximum Gasteiger partial charge on any atom is 0.0961 e. The smallest absolute Gasteiger partial charge is 0.0961 e. The zero-order valence-electron chi connectivity index (χ0n) is 8.52. The third-order valence-electron chi connectivity index (χ3n) is 1.64. The van der Waals surface area contributed by atoms with Crippen LogP contribution < -0.4 is 0 Å². The lowest BCUT2D eigenvalue weighted by atomic mass is 10.4. The van der Waals surface area contributed by atoms with Crippen molar-refractivity contribution in [2.75, 3.05) is 19.0 Å². The molecule has 1 N–H and O–H groups in total. The van der Waals surface area contributed by atoms with Crippen molar-refractivity contribution in [3.63, 3.8) is 0 Å². The van der Waals surface area contributed by atoms with E-state index in [1.165, 1.54) is 11.8 Å². The predicted molar refractivity (Wildman–Crippen MR) is 65.2 cm³/mol. The molecule has 1 heterocycles. The molecule has 1 unspecified atom stereocenters. The maximum atomic E-state index is 9.51. The normalized spacial score (nSPS) is 12.7. The minimum atomic E-state index is -0.430. The fraction of sp³-hybridized carbons (Fsp3) is 0.500. The molecule has 3 nitrogen and oxygen atoms in total. The highest BCUT2D eigenvalue weighted by molar-refractivity contribution is 9.10. The highest BCUT2D eigenvalue weighted by Gasteiger charge is 2.05. The number of aromatic nitrogens is 1. The summed E-state index contributed by atoms with van der Waals surface area (Å²) in [4.78, 5) is 4.19. The number of aliphatic hydroxyl groups is 1. The summed E-state index contributed by atoms with van der Waals surface area (Å²) in [5.41, 5.74) is 0. The van der Waals surface area contributed by atoms with Gasteiger partial charge in [0.2, 0.25) is 0 Å². The number of hydrogen-bond donors (Lipinski definition) is 1. The molecule has 84 valence electrons. The number of pyridine rings is 1. The Morgan fingerprint density at radius 1 is 1.60 bits per heavy atom. The second kappa shape index (κ2) is 7.22. The number of thioether (sulfide) groups is 1. The summed E-state index contributed by atoms with van der Waals surface area (Å²) in [5.74, 6) is 0.606. The molecule has 0 fully saturated rings. The number of ether oxygens (including phenoxy) is 1. The van der Waals surface area contributed by atoms with Crippen LogP contribution in [0.1, 0.15) is 6.92 Å². The molecule has 0 aromatic carbocycles. The van der Waals surface area contributed by atoms with Crippen LogP contribution in [0, 0.1) is 0 Å². The van der Waals surface area contributed by atoms with E-state index in [9.17, 15) is 5.11 Å². The Hall–Kier alpha value is -0.100. The van der Waals surface area contributed by atoms with E-state index in [1.54, 1.807) is 6.20 Å². The molecule has 5 heteroatoms. The average molecular weight is 292 g/mol. The Morgan fingerprint density at radius 3 is 3.00 bits per heavy atom. The van der Waals surface area contributed by atoms with Gasteiger partial charge in [-0.2, -0.15) is 0 Å². The van der Waals surface area contributed by atoms with Crippen molar-refractivity contribution in [1.29, 1.82) is 0 Å². The monoisotopic (exact) mass is 291 g/mol. The van der Waals surface area contributed by atoms with Crippen LogP contribution in [-0.2, 0) is 4.74 Å². The van der Waals surface area contributed by atoms with E-state index in [0.717, 1.165) is 9.50 Å². The van der Waals surface area contributed by atoms with Gasteiger partial charge >= 0.3 is 0 Å². The van der Waals surface area contributed by atoms with Crippen molar-refractivity contribution in [2.24, 2.45) is 0 Å². The number of nitrogens with zero attached hydrogens (tertiary/aromatic N) is 1. The molecule has 0 saturated carbocycles. The first-order chi connectivity index (χ1) is 7.22. The minimum absolute atomic E-state index is 0.389. The van der Waals surface area contributed by atoms with Crippen LogP contribution >= 0.6 is 27.7 Å². The van der Waals surface area contributed by atoms with Crippen molar-refractivity contribution in [3.05, 3.63) is 22.8 Å². The van der Waals surface area contributed by atoms with Gasteiger partial charge in [0.15, 0.2) is 0 Å². The zero-order valence-corrected chi connectivity index (χ0v) is 10.9. The van der Waals surface area contributed by atoms with E-state index >= 15 is 0 Å². The zero-order chi connectivity index (χ0) is 11.1. The van der Waals surface area contributed by atoms with Crippen LogP contribution in [0.25, 0.3) is 0 Å². The quantitative estimate of drug-likeness (QED) is 0.817. The van der Waals surface area contributed by atoms with Gasteiger partial charge in [0.1, 0.15) is 0 Å². The van der Waals surface area contributed by atoms with Crippen molar-refractivity contribution in [1.82, 2.24) is 4.98 Å². The minimum Gasteiger partial charge on any atom is -0.390 e. The highest BCUT2D eigenvalue weighted by atomic mass is 79.9. The summed E-state index contributed by atoms with van der Waals surface area (Å²) < 4.78 is 6.07. The van der Waals surface area contributed by atoms with Gasteiger partial charge in [-0.05, 0) is 35.0 Å². The molecular formula is C10H14BrNO2S. The molecule has 0 aliphatic carbocycles. The van der Waals surface area contributed by atoms with Gasteiger partial charge in [-0.1, -0.05) is 0 Å². The van der Waals surface area contributed by atoms with Crippen molar-refractivity contribution in [2.45, 2.75) is 18.1 Å². The molecule has 0 amide bonds. The van der Waals surface area contributed by atoms with E-state index < -0.39 is 6.10 Å². The largest absolute Gasteiger partial charge is 0.390 e. The van der Waals surface area contributed by atoms with Crippen molar-refractivity contribution < 1.29 is 9.84 Å². The predicted octanol–water partition coefficient (Wildman–Crippen LogP) is 2.33. The van der Waals surface area contributed by atoms with Crippen LogP contribution in [0.15, 0.2) is 27.8 Å². The summed E-state index contributed by atoms with van der Waals surface area (Å²) in [6.45, 7) is 2.94. The van der Waals surface area contributed by atoms with E-state index in [0.29, 0.717) is 19.0 Å². The van der Waals surface area contributed by atoms with Crippen LogP contribution in [-0.4, -0.2) is 35.2 Å². The van der Waals surface area contributed by atoms with Gasteiger partial charge < -0.3 is 9.84 Å². The Kier molecular flexibility index (Phi) is 6.24. The van der Waals surface area contributed by atoms with Crippen LogP contribution in [0.3, 0.4) is 0 Å². The van der Waals surface area contributed by atoms with Crippen molar-refractivity contribution >= 4 is 27.7 Å². The Bertz CT molecular complexity index is 281. The maximum absolute atomic E-state index is 9.51.